The van der Waals surface area contributed by atoms with Crippen molar-refractivity contribution in [2.75, 3.05) is 5.32 Å². The molecule has 9 nitrogen and oxygen atoms in total. The van der Waals surface area contributed by atoms with E-state index in [2.05, 4.69) is 20.6 Å². The molecule has 0 aliphatic rings. The Bertz CT molecular complexity index is 1430. The van der Waals surface area contributed by atoms with Crippen molar-refractivity contribution in [2.45, 2.75) is 12.5 Å². The Hall–Kier alpha value is -4.50. The summed E-state index contributed by atoms with van der Waals surface area (Å²) in [6, 6.07) is 16.7. The van der Waals surface area contributed by atoms with Gasteiger partial charge >= 0.3 is 12.0 Å². The van der Waals surface area contributed by atoms with Gasteiger partial charge in [-0.1, -0.05) is 41.9 Å². The van der Waals surface area contributed by atoms with Gasteiger partial charge in [0.25, 0.3) is 5.91 Å². The maximum absolute atomic E-state index is 12.4. The third kappa shape index (κ3) is 5.20. The molecule has 0 bridgehead atoms. The van der Waals surface area contributed by atoms with Gasteiger partial charge in [0.05, 0.1) is 16.1 Å². The molecule has 3 aromatic carbocycles. The number of aliphatic carboxylic acids is 1. The van der Waals surface area contributed by atoms with Crippen LogP contribution in [0.3, 0.4) is 0 Å². The molecule has 0 fully saturated rings. The predicted molar refractivity (Wildman–Crippen MR) is 130 cm³/mol. The van der Waals surface area contributed by atoms with Crippen LogP contribution in [-0.2, 0) is 10.4 Å². The number of urea groups is 1. The molecule has 1 heterocycles. The first-order chi connectivity index (χ1) is 16.8. The van der Waals surface area contributed by atoms with E-state index in [4.69, 9.17) is 16.3 Å². The number of nitrogens with one attached hydrogen (secondary N) is 2. The van der Waals surface area contributed by atoms with E-state index in [-0.39, 0.29) is 22.0 Å². The number of carboxylic acids is 1. The van der Waals surface area contributed by atoms with Gasteiger partial charge in [-0.15, -0.1) is 0 Å². The summed E-state index contributed by atoms with van der Waals surface area (Å²) in [5.41, 5.74) is 0.401. The third-order valence-electron chi connectivity index (χ3n) is 5.20. The first kappa shape index (κ1) is 23.7. The van der Waals surface area contributed by atoms with Crippen molar-refractivity contribution in [3.05, 3.63) is 95.3 Å². The minimum atomic E-state index is -1.69. The predicted octanol–water partition coefficient (Wildman–Crippen LogP) is 4.62. The second kappa shape index (κ2) is 9.78. The van der Waals surface area contributed by atoms with Crippen molar-refractivity contribution in [2.24, 2.45) is 0 Å². The fourth-order valence-electron chi connectivity index (χ4n) is 3.31. The molecule has 0 aliphatic heterocycles. The minimum Gasteiger partial charge on any atom is -0.478 e. The van der Waals surface area contributed by atoms with Crippen LogP contribution in [0.25, 0.3) is 11.0 Å². The summed E-state index contributed by atoms with van der Waals surface area (Å²) in [4.78, 5) is 45.0. The summed E-state index contributed by atoms with van der Waals surface area (Å²) in [5, 5.41) is 14.6. The number of anilines is 1. The molecular weight excluding hydrogens is 472 g/mol. The number of hydrogen-bond acceptors (Lipinski definition) is 6. The molecule has 10 heteroatoms. The van der Waals surface area contributed by atoms with Crippen molar-refractivity contribution < 1.29 is 24.2 Å². The Morgan fingerprint density at radius 2 is 1.66 bits per heavy atom. The maximum Gasteiger partial charge on any atom is 0.352 e. The van der Waals surface area contributed by atoms with Gasteiger partial charge in [0.15, 0.2) is 0 Å². The van der Waals surface area contributed by atoms with Gasteiger partial charge in [-0.2, -0.15) is 0 Å². The lowest BCUT2D eigenvalue weighted by molar-refractivity contribution is -0.154. The lowest BCUT2D eigenvalue weighted by Crippen LogP contribution is -2.38. The number of amides is 3. The normalized spacial score (nSPS) is 12.4. The standard InChI is InChI=1S/C25H19ClN4O5/c1-25(23(32)33,16-5-3-2-4-6-16)35-21-10-8-17(14-18(21)26)29-24(34)30-22(31)15-7-9-19-20(13-15)28-12-11-27-19/h2-14H,1H3,(H,32,33)(H2,29,30,31,34). The largest absolute Gasteiger partial charge is 0.478 e. The number of nitrogens with zero attached hydrogens (tertiary/aromatic N) is 2. The molecule has 0 saturated heterocycles. The van der Waals surface area contributed by atoms with Crippen molar-refractivity contribution in [3.8, 4) is 5.75 Å². The van der Waals surface area contributed by atoms with E-state index in [1.807, 2.05) is 0 Å². The molecule has 3 N–H and O–H groups in total. The number of ether oxygens (including phenoxy) is 1. The van der Waals surface area contributed by atoms with Crippen molar-refractivity contribution in [1.29, 1.82) is 0 Å². The lowest BCUT2D eigenvalue weighted by Gasteiger charge is -2.27. The van der Waals surface area contributed by atoms with E-state index in [0.29, 0.717) is 16.6 Å². The molecule has 0 aliphatic carbocycles. The molecule has 0 spiro atoms. The topological polar surface area (TPSA) is 131 Å². The average Bonchev–Trinajstić information content (AvgIpc) is 2.85. The number of carbonyl (C=O) groups is 3. The fourth-order valence-corrected chi connectivity index (χ4v) is 3.52. The van der Waals surface area contributed by atoms with E-state index in [1.165, 1.54) is 43.5 Å². The zero-order valence-electron chi connectivity index (χ0n) is 18.4. The number of carbonyl (C=O) groups excluding carboxylic acids is 2. The van der Waals surface area contributed by atoms with E-state index in [1.54, 1.807) is 42.6 Å². The molecular formula is C25H19ClN4O5. The van der Waals surface area contributed by atoms with Crippen LogP contribution < -0.4 is 15.4 Å². The number of carboxylic acid groups (broad SMARTS) is 1. The Balaban J connectivity index is 1.44. The average molecular weight is 491 g/mol. The van der Waals surface area contributed by atoms with Crippen LogP contribution in [0, 0.1) is 0 Å². The Morgan fingerprint density at radius 1 is 0.943 bits per heavy atom. The summed E-state index contributed by atoms with van der Waals surface area (Å²) in [6.07, 6.45) is 3.05. The molecule has 1 unspecified atom stereocenters. The van der Waals surface area contributed by atoms with Gasteiger partial charge in [0.2, 0.25) is 5.60 Å². The molecule has 35 heavy (non-hydrogen) atoms. The Morgan fingerprint density at radius 3 is 2.34 bits per heavy atom. The lowest BCUT2D eigenvalue weighted by atomic mass is 9.96. The van der Waals surface area contributed by atoms with Crippen LogP contribution in [0.1, 0.15) is 22.8 Å². The maximum atomic E-state index is 12.4. The van der Waals surface area contributed by atoms with Gasteiger partial charge in [0, 0.05) is 29.2 Å². The highest BCUT2D eigenvalue weighted by Gasteiger charge is 2.38. The van der Waals surface area contributed by atoms with Gasteiger partial charge in [0.1, 0.15) is 5.75 Å². The first-order valence-electron chi connectivity index (χ1n) is 10.4. The third-order valence-corrected chi connectivity index (χ3v) is 5.49. The fraction of sp³-hybridized carbons (Fsp3) is 0.0800. The summed E-state index contributed by atoms with van der Waals surface area (Å²) >= 11 is 6.30. The van der Waals surface area contributed by atoms with Crippen molar-refractivity contribution in [1.82, 2.24) is 15.3 Å². The van der Waals surface area contributed by atoms with Crippen LogP contribution >= 0.6 is 11.6 Å². The SMILES string of the molecule is CC(Oc1ccc(NC(=O)NC(=O)c2ccc3nccnc3c2)cc1Cl)(C(=O)O)c1ccccc1. The monoisotopic (exact) mass is 490 g/mol. The van der Waals surface area contributed by atoms with Gasteiger partial charge < -0.3 is 15.2 Å². The molecule has 0 saturated carbocycles. The number of aromatic nitrogens is 2. The first-order valence-corrected chi connectivity index (χ1v) is 10.7. The van der Waals surface area contributed by atoms with Crippen LogP contribution in [0.5, 0.6) is 5.75 Å². The van der Waals surface area contributed by atoms with E-state index in [0.717, 1.165) is 0 Å². The summed E-state index contributed by atoms with van der Waals surface area (Å²) in [5.74, 6) is -1.71. The molecule has 1 aromatic heterocycles. The quantitative estimate of drug-likeness (QED) is 0.359. The number of rotatable bonds is 6. The highest BCUT2D eigenvalue weighted by atomic mass is 35.5. The molecule has 4 rings (SSSR count). The summed E-state index contributed by atoms with van der Waals surface area (Å²) in [7, 11) is 0. The summed E-state index contributed by atoms with van der Waals surface area (Å²) < 4.78 is 5.77. The zero-order chi connectivity index (χ0) is 25.0. The number of halogens is 1. The second-order valence-corrected chi connectivity index (χ2v) is 8.03. The van der Waals surface area contributed by atoms with Crippen LogP contribution in [0.15, 0.2) is 79.1 Å². The van der Waals surface area contributed by atoms with Crippen molar-refractivity contribution in [3.63, 3.8) is 0 Å². The van der Waals surface area contributed by atoms with Gasteiger partial charge in [-0.25, -0.2) is 9.59 Å². The Kier molecular flexibility index (Phi) is 6.61. The number of fused-ring (bicyclic) bond motifs is 1. The zero-order valence-corrected chi connectivity index (χ0v) is 19.1. The van der Waals surface area contributed by atoms with Gasteiger partial charge in [-0.05, 0) is 43.3 Å². The van der Waals surface area contributed by atoms with E-state index < -0.39 is 23.5 Å². The minimum absolute atomic E-state index is 0.0747. The van der Waals surface area contributed by atoms with Crippen LogP contribution in [0.4, 0.5) is 10.5 Å². The molecule has 176 valence electrons. The molecule has 1 atom stereocenters. The van der Waals surface area contributed by atoms with Gasteiger partial charge in [-0.3, -0.25) is 20.1 Å². The number of benzene rings is 3. The Labute approximate surface area is 204 Å². The summed E-state index contributed by atoms with van der Waals surface area (Å²) in [6.45, 7) is 1.42. The molecule has 4 aromatic rings. The van der Waals surface area contributed by atoms with Crippen LogP contribution in [-0.4, -0.2) is 33.0 Å². The number of hydrogen-bond donors (Lipinski definition) is 3. The second-order valence-electron chi connectivity index (χ2n) is 7.62. The van der Waals surface area contributed by atoms with E-state index in [9.17, 15) is 19.5 Å². The molecule has 0 radical (unpaired) electrons. The van der Waals surface area contributed by atoms with E-state index >= 15 is 0 Å². The number of imide groups is 1. The highest BCUT2D eigenvalue weighted by Crippen LogP contribution is 2.34. The highest BCUT2D eigenvalue weighted by molar-refractivity contribution is 6.32. The smallest absolute Gasteiger partial charge is 0.352 e. The van der Waals surface area contributed by atoms with Crippen molar-refractivity contribution >= 4 is 46.2 Å². The van der Waals surface area contributed by atoms with Crippen LogP contribution in [0.2, 0.25) is 5.02 Å². The molecule has 3 amide bonds.